The molecule has 0 bridgehead atoms. The van der Waals surface area contributed by atoms with Crippen LogP contribution in [-0.4, -0.2) is 173 Å². The lowest BCUT2D eigenvalue weighted by atomic mass is 9.77. The summed E-state index contributed by atoms with van der Waals surface area (Å²) in [5.41, 5.74) is 1.39. The van der Waals surface area contributed by atoms with Crippen LogP contribution in [-0.2, 0) is 88.8 Å². The highest BCUT2D eigenvalue weighted by Gasteiger charge is 2.44. The summed E-state index contributed by atoms with van der Waals surface area (Å²) in [7, 11) is -12.5. The van der Waals surface area contributed by atoms with Gasteiger partial charge in [-0.25, -0.2) is 34.6 Å². The normalized spacial score (nSPS) is 17.3. The Kier molecular flexibility index (Phi) is 24.1. The van der Waals surface area contributed by atoms with Gasteiger partial charge in [0.1, 0.15) is 34.8 Å². The van der Waals surface area contributed by atoms with E-state index >= 15 is 0 Å². The third kappa shape index (κ3) is 20.0. The van der Waals surface area contributed by atoms with Crippen molar-refractivity contribution in [3.8, 4) is 11.3 Å². The third-order valence-electron chi connectivity index (χ3n) is 12.7. The molecule has 26 heteroatoms. The standard InChI is InChI=1S/C52H73N3O20S3/c1-51(2,3)43-37-40(74-46-36-39(13-15-42(43)46)53(20-8-34-76(59,60)61)22-23-69-26-27-71-30-31-73-33-32-72-29-28-70-25-24-68-5)10-6-11-47-52(4,19-7-12-50(58)75-55-48(56)17-18-49(55)57)44-38-41(78(65,66)67)14-16-45(44)54(47)21-9-35-77(62,63)64/h6,10-11,13-16,36-38H,7-9,12,17-35H2,1-5H3,(H2-,59,60,61,62,63,64,65,66,67)/p-2. The van der Waals surface area contributed by atoms with Crippen LogP contribution < -0.4 is 14.8 Å². The largest absolute Gasteiger partial charge is 0.748 e. The summed E-state index contributed by atoms with van der Waals surface area (Å²) in [5, 5.41) is 1.10. The molecule has 0 radical (unpaired) electrons. The third-order valence-corrected chi connectivity index (χ3v) is 15.1. The number of methoxy groups -OCH3 is 1. The molecule has 1 aromatic rings. The second-order valence-electron chi connectivity index (χ2n) is 19.7. The molecule has 3 heterocycles. The molecule has 2 amide bonds. The number of fused-ring (bicyclic) bond motifs is 2. The first-order chi connectivity index (χ1) is 36.8. The molecule has 1 aliphatic carbocycles. The number of hydrogen-bond acceptors (Lipinski definition) is 21. The van der Waals surface area contributed by atoms with Gasteiger partial charge in [0.25, 0.3) is 11.8 Å². The van der Waals surface area contributed by atoms with Gasteiger partial charge in [-0.1, -0.05) is 26.8 Å². The summed E-state index contributed by atoms with van der Waals surface area (Å²) in [6.45, 7) is 12.7. The van der Waals surface area contributed by atoms with Crippen molar-refractivity contribution in [3.05, 3.63) is 82.6 Å². The first-order valence-electron chi connectivity index (χ1n) is 25.6. The minimum atomic E-state index is -4.97. The first-order valence-corrected chi connectivity index (χ1v) is 30.1. The van der Waals surface area contributed by atoms with E-state index in [1.54, 1.807) is 37.2 Å². The van der Waals surface area contributed by atoms with Gasteiger partial charge in [-0.05, 0) is 85.2 Å². The molecular formula is C52H71N3O20S3-2. The molecule has 1 atom stereocenters. The van der Waals surface area contributed by atoms with Crippen molar-refractivity contribution >= 4 is 59.9 Å². The maximum Gasteiger partial charge on any atom is 0.333 e. The molecule has 78 heavy (non-hydrogen) atoms. The topological polar surface area (TPSA) is 310 Å². The molecule has 0 spiro atoms. The van der Waals surface area contributed by atoms with Crippen LogP contribution in [0.25, 0.3) is 17.4 Å². The van der Waals surface area contributed by atoms with Crippen LogP contribution in [0.4, 0.5) is 5.69 Å². The van der Waals surface area contributed by atoms with Crippen molar-refractivity contribution in [1.82, 2.24) is 9.64 Å². The Morgan fingerprint density at radius 1 is 0.744 bits per heavy atom. The van der Waals surface area contributed by atoms with Gasteiger partial charge in [-0.15, -0.1) is 5.06 Å². The maximum atomic E-state index is 12.9. The lowest BCUT2D eigenvalue weighted by molar-refractivity contribution is -0.197. The smallest absolute Gasteiger partial charge is 0.333 e. The molecule has 1 unspecified atom stereocenters. The number of nitrogens with zero attached hydrogens (tertiary/aromatic N) is 3. The molecule has 1 saturated heterocycles. The van der Waals surface area contributed by atoms with Gasteiger partial charge in [0, 0.05) is 79.3 Å². The van der Waals surface area contributed by atoms with E-state index in [4.69, 9.17) is 37.7 Å². The molecule has 5 rings (SSSR count). The molecule has 0 aromatic heterocycles. The fraction of sp³-hybridized carbons (Fsp3) is 0.577. The Morgan fingerprint density at radius 3 is 1.88 bits per heavy atom. The number of benzene rings is 2. The summed E-state index contributed by atoms with van der Waals surface area (Å²) in [6, 6.07) is 11.3. The van der Waals surface area contributed by atoms with E-state index in [1.807, 2.05) is 49.6 Å². The predicted octanol–water partition coefficient (Wildman–Crippen LogP) is 3.41. The van der Waals surface area contributed by atoms with Crippen LogP contribution in [0.1, 0.15) is 89.5 Å². The molecule has 0 N–H and O–H groups in total. The van der Waals surface area contributed by atoms with Crippen LogP contribution in [0, 0.1) is 0 Å². The Hall–Kier alpha value is -4.97. The number of amides is 2. The second kappa shape index (κ2) is 29.5. The van der Waals surface area contributed by atoms with Gasteiger partial charge in [-0.2, -0.15) is 0 Å². The minimum absolute atomic E-state index is 0.0256. The zero-order chi connectivity index (χ0) is 57.2. The van der Waals surface area contributed by atoms with Crippen LogP contribution >= 0.6 is 0 Å². The van der Waals surface area contributed by atoms with Crippen LogP contribution in [0.3, 0.4) is 0 Å². The van der Waals surface area contributed by atoms with Crippen LogP contribution in [0.5, 0.6) is 0 Å². The molecule has 4 aliphatic rings. The zero-order valence-electron chi connectivity index (χ0n) is 44.8. The van der Waals surface area contributed by atoms with Crippen molar-refractivity contribution in [3.63, 3.8) is 0 Å². The van der Waals surface area contributed by atoms with Crippen molar-refractivity contribution in [1.29, 1.82) is 0 Å². The number of carbonyl (C=O) groups is 3. The summed E-state index contributed by atoms with van der Waals surface area (Å²) in [4.78, 5) is 43.4. The number of carbonyl (C=O) groups excluding carboxylic acids is 3. The average Bonchev–Trinajstić information content (AvgIpc) is 3.87. The highest BCUT2D eigenvalue weighted by atomic mass is 32.2. The van der Waals surface area contributed by atoms with Gasteiger partial charge in [-0.3, -0.25) is 9.59 Å². The van der Waals surface area contributed by atoms with Gasteiger partial charge in [0.05, 0.1) is 97.3 Å². The summed E-state index contributed by atoms with van der Waals surface area (Å²) in [6.07, 6.45) is 4.71. The molecule has 1 aromatic carbocycles. The highest BCUT2D eigenvalue weighted by Crippen LogP contribution is 2.51. The monoisotopic (exact) mass is 1150 g/mol. The molecule has 1 fully saturated rings. The lowest BCUT2D eigenvalue weighted by Crippen LogP contribution is -2.35. The first kappa shape index (κ1) is 63.9. The summed E-state index contributed by atoms with van der Waals surface area (Å²) >= 11 is 0. The van der Waals surface area contributed by atoms with Crippen molar-refractivity contribution in [2.45, 2.75) is 88.4 Å². The Balaban J connectivity index is 1.40. The molecular weight excluding hydrogens is 1080 g/mol. The minimum Gasteiger partial charge on any atom is -0.748 e. The second-order valence-corrected chi connectivity index (χ2v) is 24.1. The van der Waals surface area contributed by atoms with Gasteiger partial charge >= 0.3 is 5.97 Å². The van der Waals surface area contributed by atoms with E-state index in [0.29, 0.717) is 105 Å². The van der Waals surface area contributed by atoms with E-state index in [0.717, 1.165) is 17.2 Å². The SMILES string of the molecule is COCCOCCOCCOCCOCCOCC[N+](CCCS(=O)(=O)[O-])=c1ccc2c(C(C)(C)C)cc(/C=C/C=C3/N(CCCS(=O)(=O)[O-])c4ccc(S(=O)(=O)[O-])cc4C3(C)CCCC(=O)ON3C(=O)CCC3=O)oc-2c1. The maximum absolute atomic E-state index is 12.9. The number of hydroxylamine groups is 2. The molecule has 434 valence electrons. The van der Waals surface area contributed by atoms with E-state index in [-0.39, 0.29) is 71.2 Å². The van der Waals surface area contributed by atoms with Crippen molar-refractivity contribution in [2.24, 2.45) is 0 Å². The van der Waals surface area contributed by atoms with Crippen LogP contribution in [0.2, 0.25) is 0 Å². The van der Waals surface area contributed by atoms with Crippen LogP contribution in [0.15, 0.2) is 69.6 Å². The number of rotatable bonds is 34. The van der Waals surface area contributed by atoms with E-state index in [9.17, 15) is 53.3 Å². The average molecular weight is 1150 g/mol. The summed E-state index contributed by atoms with van der Waals surface area (Å²) < 4.78 is 148. The predicted molar refractivity (Wildman–Crippen MR) is 281 cm³/mol. The lowest BCUT2D eigenvalue weighted by Gasteiger charge is -2.30. The quantitative estimate of drug-likeness (QED) is 0.0358. The number of allylic oxidation sites excluding steroid dienone is 3. The zero-order valence-corrected chi connectivity index (χ0v) is 47.2. The van der Waals surface area contributed by atoms with E-state index in [1.165, 1.54) is 12.1 Å². The highest BCUT2D eigenvalue weighted by molar-refractivity contribution is 7.86. The number of imide groups is 1. The fourth-order valence-electron chi connectivity index (χ4n) is 8.91. The Labute approximate surface area is 456 Å². The molecule has 0 saturated carbocycles. The Bertz CT molecular complexity index is 2950. The molecule has 3 aliphatic heterocycles. The van der Waals surface area contributed by atoms with E-state index in [2.05, 4.69) is 0 Å². The van der Waals surface area contributed by atoms with Gasteiger partial charge < -0.3 is 56.2 Å². The summed E-state index contributed by atoms with van der Waals surface area (Å²) in [5.74, 6) is -2.59. The van der Waals surface area contributed by atoms with Gasteiger partial charge in [0.2, 0.25) is 5.36 Å². The van der Waals surface area contributed by atoms with Gasteiger partial charge in [0.15, 0.2) is 6.54 Å². The van der Waals surface area contributed by atoms with E-state index < -0.39 is 75.4 Å². The fourth-order valence-corrected chi connectivity index (χ4v) is 10.4. The number of ether oxygens (including phenoxy) is 6. The van der Waals surface area contributed by atoms with Crippen molar-refractivity contribution in [2.75, 3.05) is 116 Å². The Morgan fingerprint density at radius 2 is 1.32 bits per heavy atom. The number of anilines is 1. The molecule has 23 nitrogen and oxygen atoms in total. The van der Waals surface area contributed by atoms with Crippen molar-refractivity contribution < 1.29 is 91.0 Å². The number of hydrogen-bond donors (Lipinski definition) is 0.